The van der Waals surface area contributed by atoms with Crippen LogP contribution in [-0.2, 0) is 0 Å². The third kappa shape index (κ3) is 1.85. The summed E-state index contributed by atoms with van der Waals surface area (Å²) in [5, 5.41) is 22.3. The second-order valence-electron chi connectivity index (χ2n) is 4.35. The second-order valence-corrected chi connectivity index (χ2v) is 5.21. The summed E-state index contributed by atoms with van der Waals surface area (Å²) in [6.07, 6.45) is 4.42. The van der Waals surface area contributed by atoms with Gasteiger partial charge < -0.3 is 9.84 Å². The van der Waals surface area contributed by atoms with Crippen molar-refractivity contribution in [2.24, 2.45) is 0 Å². The summed E-state index contributed by atoms with van der Waals surface area (Å²) < 4.78 is 8.11. The maximum absolute atomic E-state index is 9.22. The molecule has 0 amide bonds. The lowest BCUT2D eigenvalue weighted by Gasteiger charge is -2.31. The minimum Gasteiger partial charge on any atom is -0.489 e. The molecule has 18 heavy (non-hydrogen) atoms. The molecule has 0 aliphatic heterocycles. The summed E-state index contributed by atoms with van der Waals surface area (Å²) in [5.74, 6) is 0.680. The molecule has 5 nitrogen and oxygen atoms in total. The van der Waals surface area contributed by atoms with Crippen LogP contribution in [0.15, 0.2) is 22.9 Å². The summed E-state index contributed by atoms with van der Waals surface area (Å²) >= 11 is 3.42. The van der Waals surface area contributed by atoms with Crippen molar-refractivity contribution in [2.75, 3.05) is 0 Å². The summed E-state index contributed by atoms with van der Waals surface area (Å²) in [4.78, 5) is 0. The molecule has 0 unspecified atom stereocenters. The quantitative estimate of drug-likeness (QED) is 0.919. The number of ether oxygens (including phenoxy) is 1. The smallest absolute Gasteiger partial charge is 0.139 e. The fraction of sp³-hybridized carbons (Fsp3) is 0.333. The van der Waals surface area contributed by atoms with Crippen LogP contribution < -0.4 is 4.74 Å². The van der Waals surface area contributed by atoms with Crippen molar-refractivity contribution in [3.05, 3.63) is 28.5 Å². The van der Waals surface area contributed by atoms with Gasteiger partial charge in [-0.25, -0.2) is 4.52 Å². The molecular weight excluding hydrogens is 298 g/mol. The molecule has 6 heteroatoms. The fourth-order valence-electron chi connectivity index (χ4n) is 2.02. The predicted octanol–water partition coefficient (Wildman–Crippen LogP) is 1.87. The first-order chi connectivity index (χ1) is 8.67. The molecule has 1 aliphatic rings. The number of aliphatic hydroxyl groups excluding tert-OH is 1. The Labute approximate surface area is 112 Å². The van der Waals surface area contributed by atoms with E-state index in [0.717, 1.165) is 9.99 Å². The summed E-state index contributed by atoms with van der Waals surface area (Å²) in [6, 6.07) is 3.91. The highest BCUT2D eigenvalue weighted by Gasteiger charge is 2.29. The number of nitriles is 1. The van der Waals surface area contributed by atoms with Gasteiger partial charge in [0.15, 0.2) is 0 Å². The first-order valence-corrected chi connectivity index (χ1v) is 6.38. The molecule has 1 aliphatic carbocycles. The minimum atomic E-state index is -0.239. The van der Waals surface area contributed by atoms with E-state index < -0.39 is 0 Å². The van der Waals surface area contributed by atoms with Gasteiger partial charge in [0.1, 0.15) is 17.9 Å². The zero-order valence-electron chi connectivity index (χ0n) is 9.38. The van der Waals surface area contributed by atoms with Gasteiger partial charge in [0.2, 0.25) is 0 Å². The van der Waals surface area contributed by atoms with Gasteiger partial charge in [0, 0.05) is 17.3 Å². The minimum absolute atomic E-state index is 0.0651. The number of pyridine rings is 1. The summed E-state index contributed by atoms with van der Waals surface area (Å²) in [6.45, 7) is 0. The van der Waals surface area contributed by atoms with Crippen LogP contribution in [0.5, 0.6) is 5.75 Å². The van der Waals surface area contributed by atoms with E-state index in [1.807, 2.05) is 6.07 Å². The molecule has 2 aromatic heterocycles. The Hall–Kier alpha value is -1.58. The van der Waals surface area contributed by atoms with E-state index >= 15 is 0 Å². The molecule has 0 saturated heterocycles. The van der Waals surface area contributed by atoms with Crippen LogP contribution in [0.4, 0.5) is 0 Å². The van der Waals surface area contributed by atoms with Crippen molar-refractivity contribution in [3.63, 3.8) is 0 Å². The van der Waals surface area contributed by atoms with Gasteiger partial charge in [-0.2, -0.15) is 10.4 Å². The summed E-state index contributed by atoms with van der Waals surface area (Å²) in [5.41, 5.74) is 1.26. The normalized spacial score (nSPS) is 22.5. The van der Waals surface area contributed by atoms with Crippen molar-refractivity contribution in [1.29, 1.82) is 5.26 Å². The van der Waals surface area contributed by atoms with Crippen molar-refractivity contribution in [1.82, 2.24) is 9.61 Å². The Bertz CT molecular complexity index is 641. The van der Waals surface area contributed by atoms with E-state index in [1.165, 1.54) is 6.20 Å². The average molecular weight is 308 g/mol. The lowest BCUT2D eigenvalue weighted by atomic mass is 9.92. The van der Waals surface area contributed by atoms with Gasteiger partial charge in [-0.1, -0.05) is 0 Å². The highest BCUT2D eigenvalue weighted by molar-refractivity contribution is 9.10. The van der Waals surface area contributed by atoms with E-state index in [0.29, 0.717) is 24.2 Å². The van der Waals surface area contributed by atoms with E-state index in [4.69, 9.17) is 10.00 Å². The van der Waals surface area contributed by atoms with E-state index in [2.05, 4.69) is 27.1 Å². The molecule has 0 aromatic carbocycles. The van der Waals surface area contributed by atoms with Crippen molar-refractivity contribution < 1.29 is 9.84 Å². The predicted molar refractivity (Wildman–Crippen MR) is 67.3 cm³/mol. The third-order valence-electron chi connectivity index (χ3n) is 3.03. The molecule has 2 heterocycles. The molecule has 0 spiro atoms. The van der Waals surface area contributed by atoms with Crippen LogP contribution in [0.25, 0.3) is 5.52 Å². The zero-order valence-corrected chi connectivity index (χ0v) is 11.0. The number of hydrogen-bond acceptors (Lipinski definition) is 4. The van der Waals surface area contributed by atoms with Gasteiger partial charge in [-0.15, -0.1) is 0 Å². The Morgan fingerprint density at radius 2 is 2.33 bits per heavy atom. The van der Waals surface area contributed by atoms with Crippen LogP contribution in [0.3, 0.4) is 0 Å². The maximum Gasteiger partial charge on any atom is 0.139 e. The molecule has 92 valence electrons. The molecule has 2 aromatic rings. The van der Waals surface area contributed by atoms with Crippen molar-refractivity contribution in [2.45, 2.75) is 25.0 Å². The van der Waals surface area contributed by atoms with Crippen molar-refractivity contribution in [3.8, 4) is 11.8 Å². The number of halogens is 1. The highest BCUT2D eigenvalue weighted by atomic mass is 79.9. The van der Waals surface area contributed by atoms with Gasteiger partial charge in [-0.3, -0.25) is 0 Å². The molecule has 0 bridgehead atoms. The first kappa shape index (κ1) is 11.5. The number of aromatic nitrogens is 2. The maximum atomic E-state index is 9.22. The Morgan fingerprint density at radius 1 is 1.56 bits per heavy atom. The molecule has 1 fully saturated rings. The number of hydrogen-bond donors (Lipinski definition) is 1. The molecule has 1 N–H and O–H groups in total. The van der Waals surface area contributed by atoms with Crippen LogP contribution in [0, 0.1) is 11.3 Å². The number of nitrogens with zero attached hydrogens (tertiary/aromatic N) is 3. The fourth-order valence-corrected chi connectivity index (χ4v) is 2.64. The largest absolute Gasteiger partial charge is 0.489 e. The Kier molecular flexibility index (Phi) is 2.73. The van der Waals surface area contributed by atoms with E-state index in [1.54, 1.807) is 10.7 Å². The first-order valence-electron chi connectivity index (χ1n) is 5.59. The SMILES string of the molecule is N#Cc1cnn2cc(O[C@H]3C[C@H](O)C3)cc(Br)c12. The van der Waals surface area contributed by atoms with E-state index in [9.17, 15) is 5.11 Å². The molecule has 3 rings (SSSR count). The topological polar surface area (TPSA) is 70.6 Å². The van der Waals surface area contributed by atoms with Gasteiger partial charge in [0.05, 0.1) is 29.6 Å². The molecule has 0 atom stereocenters. The van der Waals surface area contributed by atoms with Crippen LogP contribution >= 0.6 is 15.9 Å². The third-order valence-corrected chi connectivity index (χ3v) is 3.64. The van der Waals surface area contributed by atoms with Crippen LogP contribution in [0.2, 0.25) is 0 Å². The lowest BCUT2D eigenvalue weighted by molar-refractivity contribution is -0.0110. The second kappa shape index (κ2) is 4.26. The summed E-state index contributed by atoms with van der Waals surface area (Å²) in [7, 11) is 0. The van der Waals surface area contributed by atoms with Crippen molar-refractivity contribution >= 4 is 21.4 Å². The Balaban J connectivity index is 1.93. The number of aliphatic hydroxyl groups is 1. The van der Waals surface area contributed by atoms with E-state index in [-0.39, 0.29) is 12.2 Å². The molecule has 1 saturated carbocycles. The average Bonchev–Trinajstić information content (AvgIpc) is 2.70. The van der Waals surface area contributed by atoms with Crippen LogP contribution in [0.1, 0.15) is 18.4 Å². The standard InChI is InChI=1S/C12H10BrN3O2/c13-11-3-10(18-9-1-8(17)2-9)6-16-12(11)7(4-14)5-15-16/h3,5-6,8-9,17H,1-2H2/t8-,9-. The monoisotopic (exact) mass is 307 g/mol. The van der Waals surface area contributed by atoms with Gasteiger partial charge in [0.25, 0.3) is 0 Å². The number of fused-ring (bicyclic) bond motifs is 1. The van der Waals surface area contributed by atoms with Gasteiger partial charge in [-0.05, 0) is 22.0 Å². The lowest BCUT2D eigenvalue weighted by Crippen LogP contribution is -2.37. The molecule has 0 radical (unpaired) electrons. The Morgan fingerprint density at radius 3 is 3.00 bits per heavy atom. The zero-order chi connectivity index (χ0) is 12.7. The highest BCUT2D eigenvalue weighted by Crippen LogP contribution is 2.30. The van der Waals surface area contributed by atoms with Gasteiger partial charge >= 0.3 is 0 Å². The molecular formula is C12H10BrN3O2. The van der Waals surface area contributed by atoms with Crippen LogP contribution in [-0.4, -0.2) is 26.9 Å². The number of rotatable bonds is 2.